The van der Waals surface area contributed by atoms with Crippen LogP contribution in [0.25, 0.3) is 22.5 Å². The SMILES string of the molecule is Cc1cccc(-c2nn3c(c2-c2ccc(O)cc2)CC(C)(C)C3)n1. The lowest BCUT2D eigenvalue weighted by atomic mass is 9.88. The van der Waals surface area contributed by atoms with E-state index in [2.05, 4.69) is 23.5 Å². The largest absolute Gasteiger partial charge is 0.508 e. The minimum absolute atomic E-state index is 0.215. The monoisotopic (exact) mass is 319 g/mol. The van der Waals surface area contributed by atoms with E-state index in [0.29, 0.717) is 0 Å². The molecule has 0 fully saturated rings. The van der Waals surface area contributed by atoms with Gasteiger partial charge in [-0.2, -0.15) is 5.10 Å². The molecule has 24 heavy (non-hydrogen) atoms. The maximum Gasteiger partial charge on any atom is 0.119 e. The molecule has 0 saturated carbocycles. The summed E-state index contributed by atoms with van der Waals surface area (Å²) < 4.78 is 2.13. The number of phenolic OH excluding ortho intramolecular Hbond substituents is 1. The first-order chi connectivity index (χ1) is 11.4. The molecular formula is C20H21N3O. The minimum Gasteiger partial charge on any atom is -0.508 e. The lowest BCUT2D eigenvalue weighted by Crippen LogP contribution is -2.13. The Morgan fingerprint density at radius 1 is 1.08 bits per heavy atom. The van der Waals surface area contributed by atoms with Gasteiger partial charge in [0.05, 0.1) is 5.69 Å². The van der Waals surface area contributed by atoms with Crippen molar-refractivity contribution in [1.82, 2.24) is 14.8 Å². The fourth-order valence-corrected chi connectivity index (χ4v) is 3.51. The number of rotatable bonds is 2. The summed E-state index contributed by atoms with van der Waals surface area (Å²) in [5, 5.41) is 14.5. The molecule has 4 rings (SSSR count). The predicted molar refractivity (Wildman–Crippen MR) is 94.8 cm³/mol. The molecule has 4 heteroatoms. The minimum atomic E-state index is 0.215. The summed E-state index contributed by atoms with van der Waals surface area (Å²) in [5.74, 6) is 0.276. The summed E-state index contributed by atoms with van der Waals surface area (Å²) in [6.45, 7) is 7.45. The Balaban J connectivity index is 1.94. The zero-order chi connectivity index (χ0) is 16.9. The van der Waals surface area contributed by atoms with Gasteiger partial charge >= 0.3 is 0 Å². The number of fused-ring (bicyclic) bond motifs is 1. The molecule has 0 saturated heterocycles. The van der Waals surface area contributed by atoms with Crippen LogP contribution in [0.4, 0.5) is 0 Å². The summed E-state index contributed by atoms with van der Waals surface area (Å²) in [6, 6.07) is 13.4. The molecule has 3 aromatic rings. The second kappa shape index (κ2) is 5.20. The standard InChI is InChI=1S/C20H21N3O/c1-13-5-4-6-16(21-13)19-18(14-7-9-15(24)10-8-14)17-11-20(2,3)12-23(17)22-19/h4-10,24H,11-12H2,1-3H3. The molecule has 122 valence electrons. The molecule has 0 unspecified atom stereocenters. The zero-order valence-corrected chi connectivity index (χ0v) is 14.2. The molecule has 1 aliphatic rings. The highest BCUT2D eigenvalue weighted by Gasteiger charge is 2.34. The highest BCUT2D eigenvalue weighted by atomic mass is 16.3. The third-order valence-electron chi connectivity index (χ3n) is 4.57. The van der Waals surface area contributed by atoms with Gasteiger partial charge in [0.1, 0.15) is 11.4 Å². The van der Waals surface area contributed by atoms with Gasteiger partial charge < -0.3 is 5.11 Å². The van der Waals surface area contributed by atoms with Crippen LogP contribution in [0.15, 0.2) is 42.5 Å². The van der Waals surface area contributed by atoms with E-state index in [1.807, 2.05) is 37.3 Å². The van der Waals surface area contributed by atoms with Crippen molar-refractivity contribution in [2.24, 2.45) is 5.41 Å². The number of hydrogen-bond acceptors (Lipinski definition) is 3. The number of benzene rings is 1. The van der Waals surface area contributed by atoms with E-state index in [1.54, 1.807) is 12.1 Å². The van der Waals surface area contributed by atoms with Gasteiger partial charge in [0.25, 0.3) is 0 Å². The van der Waals surface area contributed by atoms with E-state index in [1.165, 1.54) is 5.69 Å². The fourth-order valence-electron chi connectivity index (χ4n) is 3.51. The number of nitrogens with zero attached hydrogens (tertiary/aromatic N) is 3. The van der Waals surface area contributed by atoms with Crippen molar-refractivity contribution in [2.45, 2.75) is 33.7 Å². The first kappa shape index (κ1) is 14.9. The molecule has 3 heterocycles. The van der Waals surface area contributed by atoms with Gasteiger partial charge in [-0.05, 0) is 48.6 Å². The van der Waals surface area contributed by atoms with Crippen LogP contribution in [-0.2, 0) is 13.0 Å². The topological polar surface area (TPSA) is 50.9 Å². The fraction of sp³-hybridized carbons (Fsp3) is 0.300. The third kappa shape index (κ3) is 2.48. The predicted octanol–water partition coefficient (Wildman–Crippen LogP) is 4.21. The van der Waals surface area contributed by atoms with Crippen LogP contribution in [0.1, 0.15) is 25.2 Å². The number of aromatic hydroxyl groups is 1. The van der Waals surface area contributed by atoms with Gasteiger partial charge in [0, 0.05) is 23.5 Å². The molecule has 0 aliphatic carbocycles. The van der Waals surface area contributed by atoms with Crippen molar-refractivity contribution in [3.05, 3.63) is 53.9 Å². The number of aromatic nitrogens is 3. The molecule has 0 bridgehead atoms. The molecule has 4 nitrogen and oxygen atoms in total. The normalized spacial score (nSPS) is 15.5. The quantitative estimate of drug-likeness (QED) is 0.770. The molecule has 1 aliphatic heterocycles. The lowest BCUT2D eigenvalue weighted by Gasteiger charge is -2.15. The summed E-state index contributed by atoms with van der Waals surface area (Å²) in [6.07, 6.45) is 0.988. The van der Waals surface area contributed by atoms with Crippen molar-refractivity contribution in [3.63, 3.8) is 0 Å². The molecule has 2 aromatic heterocycles. The zero-order valence-electron chi connectivity index (χ0n) is 14.2. The van der Waals surface area contributed by atoms with Crippen LogP contribution in [0.2, 0.25) is 0 Å². The van der Waals surface area contributed by atoms with E-state index in [4.69, 9.17) is 5.10 Å². The maximum absolute atomic E-state index is 9.62. The number of pyridine rings is 1. The van der Waals surface area contributed by atoms with Crippen molar-refractivity contribution in [1.29, 1.82) is 0 Å². The molecule has 0 amide bonds. The second-order valence-corrected chi connectivity index (χ2v) is 7.38. The Bertz CT molecular complexity index is 907. The second-order valence-electron chi connectivity index (χ2n) is 7.38. The number of phenols is 1. The van der Waals surface area contributed by atoms with Gasteiger partial charge in [-0.15, -0.1) is 0 Å². The van der Waals surface area contributed by atoms with Crippen LogP contribution >= 0.6 is 0 Å². The van der Waals surface area contributed by atoms with E-state index in [-0.39, 0.29) is 11.2 Å². The third-order valence-corrected chi connectivity index (χ3v) is 4.57. The summed E-state index contributed by atoms with van der Waals surface area (Å²) in [7, 11) is 0. The van der Waals surface area contributed by atoms with Crippen molar-refractivity contribution < 1.29 is 5.11 Å². The molecule has 1 aromatic carbocycles. The van der Waals surface area contributed by atoms with Crippen molar-refractivity contribution in [2.75, 3.05) is 0 Å². The first-order valence-electron chi connectivity index (χ1n) is 8.26. The van der Waals surface area contributed by atoms with Crippen LogP contribution < -0.4 is 0 Å². The Hall–Kier alpha value is -2.62. The average molecular weight is 319 g/mol. The maximum atomic E-state index is 9.62. The van der Waals surface area contributed by atoms with Gasteiger partial charge in [-0.25, -0.2) is 0 Å². The summed E-state index contributed by atoms with van der Waals surface area (Å²) in [5.41, 5.74) is 6.49. The first-order valence-corrected chi connectivity index (χ1v) is 8.26. The van der Waals surface area contributed by atoms with E-state index < -0.39 is 0 Å². The van der Waals surface area contributed by atoms with Crippen molar-refractivity contribution in [3.8, 4) is 28.3 Å². The summed E-state index contributed by atoms with van der Waals surface area (Å²) >= 11 is 0. The van der Waals surface area contributed by atoms with Gasteiger partial charge in [0.2, 0.25) is 0 Å². The Kier molecular flexibility index (Phi) is 3.23. The van der Waals surface area contributed by atoms with E-state index >= 15 is 0 Å². The van der Waals surface area contributed by atoms with Crippen LogP contribution in [0, 0.1) is 12.3 Å². The van der Waals surface area contributed by atoms with Crippen molar-refractivity contribution >= 4 is 0 Å². The Morgan fingerprint density at radius 3 is 2.54 bits per heavy atom. The molecule has 0 radical (unpaired) electrons. The Morgan fingerprint density at radius 2 is 1.83 bits per heavy atom. The lowest BCUT2D eigenvalue weighted by molar-refractivity contribution is 0.347. The highest BCUT2D eigenvalue weighted by molar-refractivity contribution is 5.82. The molecule has 0 spiro atoms. The number of aryl methyl sites for hydroxylation is 1. The van der Waals surface area contributed by atoms with Gasteiger partial charge in [-0.1, -0.05) is 32.0 Å². The van der Waals surface area contributed by atoms with Crippen LogP contribution in [0.5, 0.6) is 5.75 Å². The van der Waals surface area contributed by atoms with Crippen LogP contribution in [0.3, 0.4) is 0 Å². The summed E-state index contributed by atoms with van der Waals surface area (Å²) in [4.78, 5) is 4.67. The van der Waals surface area contributed by atoms with Gasteiger partial charge in [0.15, 0.2) is 0 Å². The molecular weight excluding hydrogens is 298 g/mol. The van der Waals surface area contributed by atoms with Gasteiger partial charge in [-0.3, -0.25) is 9.67 Å². The Labute approximate surface area is 141 Å². The van der Waals surface area contributed by atoms with E-state index in [9.17, 15) is 5.11 Å². The highest BCUT2D eigenvalue weighted by Crippen LogP contribution is 2.42. The smallest absolute Gasteiger partial charge is 0.119 e. The molecule has 0 atom stereocenters. The van der Waals surface area contributed by atoms with Crippen LogP contribution in [-0.4, -0.2) is 19.9 Å². The molecule has 1 N–H and O–H groups in total. The van der Waals surface area contributed by atoms with E-state index in [0.717, 1.165) is 41.2 Å². The average Bonchev–Trinajstić information content (AvgIpc) is 3.00. The number of hydrogen-bond donors (Lipinski definition) is 1.